The van der Waals surface area contributed by atoms with Gasteiger partial charge in [-0.25, -0.2) is 9.97 Å². The number of amides is 2. The normalized spacial score (nSPS) is 15.2. The number of nitrogens with zero attached hydrogens (tertiary/aromatic N) is 4. The predicted octanol–water partition coefficient (Wildman–Crippen LogP) is 0.202. The van der Waals surface area contributed by atoms with E-state index in [1.165, 1.54) is 0 Å². The van der Waals surface area contributed by atoms with Crippen molar-refractivity contribution in [2.24, 2.45) is 0 Å². The number of carbonyl (C=O) groups excluding carboxylic acids is 2. The first-order valence-corrected chi connectivity index (χ1v) is 7.10. The van der Waals surface area contributed by atoms with Crippen LogP contribution in [0.4, 0.5) is 5.82 Å². The number of carbonyl (C=O) groups is 2. The molecule has 2 heterocycles. The molecule has 0 radical (unpaired) electrons. The second-order valence-electron chi connectivity index (χ2n) is 5.42. The van der Waals surface area contributed by atoms with Gasteiger partial charge in [0.1, 0.15) is 17.3 Å². The Balaban J connectivity index is 2.15. The van der Waals surface area contributed by atoms with Crippen LogP contribution in [0.2, 0.25) is 0 Å². The largest absolute Gasteiger partial charge is 0.353 e. The fourth-order valence-corrected chi connectivity index (χ4v) is 2.22. The summed E-state index contributed by atoms with van der Waals surface area (Å²) in [6.07, 6.45) is 0.865. The molecule has 1 saturated heterocycles. The lowest BCUT2D eigenvalue weighted by Gasteiger charge is -2.33. The minimum atomic E-state index is -0.191. The van der Waals surface area contributed by atoms with Crippen molar-refractivity contribution in [3.05, 3.63) is 17.6 Å². The van der Waals surface area contributed by atoms with Crippen molar-refractivity contribution in [1.82, 2.24) is 20.2 Å². The van der Waals surface area contributed by atoms with E-state index in [1.54, 1.807) is 17.9 Å². The highest BCUT2D eigenvalue weighted by atomic mass is 16.2. The van der Waals surface area contributed by atoms with Crippen LogP contribution in [0.1, 0.15) is 30.2 Å². The van der Waals surface area contributed by atoms with Gasteiger partial charge in [0.2, 0.25) is 6.41 Å². The number of rotatable bonds is 4. The molecular formula is C14H21N5O2. The molecule has 21 heavy (non-hydrogen) atoms. The van der Waals surface area contributed by atoms with Gasteiger partial charge in [-0.1, -0.05) is 0 Å². The second-order valence-corrected chi connectivity index (χ2v) is 5.42. The van der Waals surface area contributed by atoms with E-state index in [9.17, 15) is 9.59 Å². The van der Waals surface area contributed by atoms with Crippen LogP contribution in [-0.4, -0.2) is 59.4 Å². The predicted molar refractivity (Wildman–Crippen MR) is 79.2 cm³/mol. The van der Waals surface area contributed by atoms with Gasteiger partial charge in [0.05, 0.1) is 0 Å². The SMILES string of the molecule is Cc1nc(C(=O)NC(C)C)cc(N2CCN(C=O)CC2)n1. The van der Waals surface area contributed by atoms with Gasteiger partial charge >= 0.3 is 0 Å². The molecule has 0 unspecified atom stereocenters. The van der Waals surface area contributed by atoms with Crippen molar-refractivity contribution in [3.8, 4) is 0 Å². The molecule has 7 heteroatoms. The average Bonchev–Trinajstić information content (AvgIpc) is 2.46. The van der Waals surface area contributed by atoms with Crippen molar-refractivity contribution in [2.75, 3.05) is 31.1 Å². The number of aryl methyl sites for hydroxylation is 1. The van der Waals surface area contributed by atoms with E-state index in [2.05, 4.69) is 20.2 Å². The summed E-state index contributed by atoms with van der Waals surface area (Å²) in [5.41, 5.74) is 0.379. The number of piperazine rings is 1. The molecule has 114 valence electrons. The van der Waals surface area contributed by atoms with E-state index in [0.29, 0.717) is 37.7 Å². The van der Waals surface area contributed by atoms with E-state index in [4.69, 9.17) is 0 Å². The Morgan fingerprint density at radius 2 is 1.95 bits per heavy atom. The van der Waals surface area contributed by atoms with E-state index in [1.807, 2.05) is 13.8 Å². The molecule has 0 saturated carbocycles. The minimum absolute atomic E-state index is 0.0624. The molecule has 0 atom stereocenters. The Hall–Kier alpha value is -2.18. The van der Waals surface area contributed by atoms with Gasteiger partial charge < -0.3 is 15.1 Å². The van der Waals surface area contributed by atoms with Crippen LogP contribution >= 0.6 is 0 Å². The first-order valence-electron chi connectivity index (χ1n) is 7.10. The summed E-state index contributed by atoms with van der Waals surface area (Å²) >= 11 is 0. The van der Waals surface area contributed by atoms with E-state index < -0.39 is 0 Å². The van der Waals surface area contributed by atoms with Crippen molar-refractivity contribution in [2.45, 2.75) is 26.8 Å². The first-order chi connectivity index (χ1) is 9.99. The van der Waals surface area contributed by atoms with Crippen LogP contribution in [0.25, 0.3) is 0 Å². The molecule has 7 nitrogen and oxygen atoms in total. The molecule has 1 aliphatic rings. The van der Waals surface area contributed by atoms with Crippen LogP contribution in [0.3, 0.4) is 0 Å². The number of anilines is 1. The monoisotopic (exact) mass is 291 g/mol. The van der Waals surface area contributed by atoms with Crippen LogP contribution in [0.15, 0.2) is 6.07 Å². The topological polar surface area (TPSA) is 78.4 Å². The summed E-state index contributed by atoms with van der Waals surface area (Å²) in [6, 6.07) is 1.77. The van der Waals surface area contributed by atoms with Gasteiger partial charge in [-0.05, 0) is 20.8 Å². The van der Waals surface area contributed by atoms with Gasteiger partial charge in [-0.2, -0.15) is 0 Å². The smallest absolute Gasteiger partial charge is 0.270 e. The van der Waals surface area contributed by atoms with E-state index in [-0.39, 0.29) is 11.9 Å². The summed E-state index contributed by atoms with van der Waals surface area (Å²) in [4.78, 5) is 35.2. The van der Waals surface area contributed by atoms with Crippen LogP contribution in [0.5, 0.6) is 0 Å². The third kappa shape index (κ3) is 3.90. The number of aromatic nitrogens is 2. The van der Waals surface area contributed by atoms with Crippen molar-refractivity contribution < 1.29 is 9.59 Å². The molecule has 0 aromatic carbocycles. The zero-order valence-corrected chi connectivity index (χ0v) is 12.7. The van der Waals surface area contributed by atoms with E-state index in [0.717, 1.165) is 12.2 Å². The van der Waals surface area contributed by atoms with Crippen molar-refractivity contribution in [1.29, 1.82) is 0 Å². The lowest BCUT2D eigenvalue weighted by molar-refractivity contribution is -0.118. The van der Waals surface area contributed by atoms with Gasteiger partial charge in [-0.3, -0.25) is 9.59 Å². The van der Waals surface area contributed by atoms with Crippen LogP contribution in [-0.2, 0) is 4.79 Å². The van der Waals surface area contributed by atoms with Crippen LogP contribution in [0, 0.1) is 6.92 Å². The van der Waals surface area contributed by atoms with Crippen molar-refractivity contribution in [3.63, 3.8) is 0 Å². The minimum Gasteiger partial charge on any atom is -0.353 e. The Bertz CT molecular complexity index is 524. The third-order valence-corrected chi connectivity index (χ3v) is 3.26. The third-order valence-electron chi connectivity index (χ3n) is 3.26. The highest BCUT2D eigenvalue weighted by Crippen LogP contribution is 2.15. The maximum absolute atomic E-state index is 12.1. The highest BCUT2D eigenvalue weighted by molar-refractivity contribution is 5.93. The molecule has 1 fully saturated rings. The van der Waals surface area contributed by atoms with E-state index >= 15 is 0 Å². The molecule has 1 aromatic heterocycles. The first kappa shape index (κ1) is 15.2. The Labute approximate surface area is 124 Å². The Morgan fingerprint density at radius 3 is 2.52 bits per heavy atom. The zero-order chi connectivity index (χ0) is 15.4. The van der Waals surface area contributed by atoms with Gasteiger partial charge in [0, 0.05) is 38.3 Å². The molecular weight excluding hydrogens is 270 g/mol. The van der Waals surface area contributed by atoms with Gasteiger partial charge in [0.25, 0.3) is 5.91 Å². The lowest BCUT2D eigenvalue weighted by Crippen LogP contribution is -2.46. The molecule has 0 aliphatic carbocycles. The fraction of sp³-hybridized carbons (Fsp3) is 0.571. The molecule has 1 aliphatic heterocycles. The maximum atomic E-state index is 12.1. The summed E-state index contributed by atoms with van der Waals surface area (Å²) in [5.74, 6) is 1.12. The Kier molecular flexibility index (Phi) is 4.72. The number of hydrogen-bond donors (Lipinski definition) is 1. The summed E-state index contributed by atoms with van der Waals surface area (Å²) in [7, 11) is 0. The summed E-state index contributed by atoms with van der Waals surface area (Å²) < 4.78 is 0. The highest BCUT2D eigenvalue weighted by Gasteiger charge is 2.19. The standard InChI is InChI=1S/C14H21N5O2/c1-10(2)15-14(21)12-8-13(17-11(3)16-12)19-6-4-18(9-20)5-7-19/h8-10H,4-7H2,1-3H3,(H,15,21). The van der Waals surface area contributed by atoms with Crippen LogP contribution < -0.4 is 10.2 Å². The number of nitrogens with one attached hydrogen (secondary N) is 1. The molecule has 1 aromatic rings. The molecule has 2 rings (SSSR count). The lowest BCUT2D eigenvalue weighted by atomic mass is 10.2. The van der Waals surface area contributed by atoms with Gasteiger partial charge in [-0.15, -0.1) is 0 Å². The molecule has 0 bridgehead atoms. The fourth-order valence-electron chi connectivity index (χ4n) is 2.22. The molecule has 1 N–H and O–H groups in total. The quantitative estimate of drug-likeness (QED) is 0.802. The molecule has 0 spiro atoms. The summed E-state index contributed by atoms with van der Waals surface area (Å²) in [5, 5.41) is 2.83. The zero-order valence-electron chi connectivity index (χ0n) is 12.7. The number of hydrogen-bond acceptors (Lipinski definition) is 5. The average molecular weight is 291 g/mol. The summed E-state index contributed by atoms with van der Waals surface area (Å²) in [6.45, 7) is 8.34. The van der Waals surface area contributed by atoms with Crippen molar-refractivity contribution >= 4 is 18.1 Å². The molecule has 2 amide bonds. The Morgan fingerprint density at radius 1 is 1.29 bits per heavy atom. The maximum Gasteiger partial charge on any atom is 0.270 e. The van der Waals surface area contributed by atoms with Gasteiger partial charge in [0.15, 0.2) is 0 Å². The second kappa shape index (κ2) is 6.51.